The molecular weight excluding hydrogens is 252 g/mol. The number of hydrogen-bond acceptors (Lipinski definition) is 2. The Kier molecular flexibility index (Phi) is 2.90. The Bertz CT molecular complexity index is 372. The summed E-state index contributed by atoms with van der Waals surface area (Å²) >= 11 is 3.01. The van der Waals surface area contributed by atoms with Gasteiger partial charge in [0.2, 0.25) is 0 Å². The second-order valence-corrected chi connectivity index (χ2v) is 3.61. The fourth-order valence-corrected chi connectivity index (χ4v) is 1.59. The molecule has 0 amide bonds. The van der Waals surface area contributed by atoms with Gasteiger partial charge in [0.15, 0.2) is 0 Å². The Labute approximate surface area is 88.3 Å². The maximum atomic E-state index is 10.7. The van der Waals surface area contributed by atoms with Crippen molar-refractivity contribution in [2.45, 2.75) is 6.92 Å². The van der Waals surface area contributed by atoms with E-state index in [1.807, 2.05) is 0 Å². The monoisotopic (exact) mass is 258 g/mol. The van der Waals surface area contributed by atoms with Crippen molar-refractivity contribution in [3.05, 3.63) is 33.3 Å². The molecule has 2 N–H and O–H groups in total. The first-order chi connectivity index (χ1) is 6.43. The van der Waals surface area contributed by atoms with Crippen LogP contribution < -0.4 is 0 Å². The Morgan fingerprint density at radius 3 is 2.07 bits per heavy atom. The van der Waals surface area contributed by atoms with Gasteiger partial charge in [-0.3, -0.25) is 0 Å². The molecule has 0 saturated heterocycles. The SMILES string of the molecule is Cc1cc(C(=O)O)c(Br)cc1C(=O)O. The van der Waals surface area contributed by atoms with E-state index in [-0.39, 0.29) is 15.6 Å². The van der Waals surface area contributed by atoms with Gasteiger partial charge in [-0.15, -0.1) is 0 Å². The Morgan fingerprint density at radius 1 is 1.14 bits per heavy atom. The minimum atomic E-state index is -1.09. The number of hydrogen-bond donors (Lipinski definition) is 2. The lowest BCUT2D eigenvalue weighted by molar-refractivity contribution is 0.0679. The largest absolute Gasteiger partial charge is 0.478 e. The molecule has 14 heavy (non-hydrogen) atoms. The zero-order chi connectivity index (χ0) is 10.9. The first kappa shape index (κ1) is 10.7. The van der Waals surface area contributed by atoms with Crippen LogP contribution in [0.3, 0.4) is 0 Å². The predicted molar refractivity (Wildman–Crippen MR) is 52.8 cm³/mol. The molecule has 0 heterocycles. The number of aryl methyl sites for hydroxylation is 1. The molecule has 4 nitrogen and oxygen atoms in total. The molecular formula is C9H7BrO4. The molecule has 1 aromatic carbocycles. The fraction of sp³-hybridized carbons (Fsp3) is 0.111. The van der Waals surface area contributed by atoms with Crippen LogP contribution in [0.4, 0.5) is 0 Å². The van der Waals surface area contributed by atoms with E-state index in [4.69, 9.17) is 10.2 Å². The zero-order valence-corrected chi connectivity index (χ0v) is 8.83. The van der Waals surface area contributed by atoms with Crippen molar-refractivity contribution in [3.8, 4) is 0 Å². The topological polar surface area (TPSA) is 74.6 Å². The summed E-state index contributed by atoms with van der Waals surface area (Å²) in [6.07, 6.45) is 0. The molecule has 74 valence electrons. The van der Waals surface area contributed by atoms with Gasteiger partial charge in [0.25, 0.3) is 0 Å². The highest BCUT2D eigenvalue weighted by Gasteiger charge is 2.14. The first-order valence-electron chi connectivity index (χ1n) is 3.70. The van der Waals surface area contributed by atoms with Gasteiger partial charge in [-0.05, 0) is 40.5 Å². The predicted octanol–water partition coefficient (Wildman–Crippen LogP) is 2.15. The maximum Gasteiger partial charge on any atom is 0.336 e. The van der Waals surface area contributed by atoms with Crippen LogP contribution in [0.1, 0.15) is 26.3 Å². The van der Waals surface area contributed by atoms with Crippen molar-refractivity contribution in [2.75, 3.05) is 0 Å². The Balaban J connectivity index is 3.38. The lowest BCUT2D eigenvalue weighted by Gasteiger charge is -2.04. The van der Waals surface area contributed by atoms with Gasteiger partial charge >= 0.3 is 11.9 Å². The van der Waals surface area contributed by atoms with E-state index in [1.54, 1.807) is 6.92 Å². The highest BCUT2D eigenvalue weighted by molar-refractivity contribution is 9.10. The van der Waals surface area contributed by atoms with Crippen LogP contribution in [0, 0.1) is 6.92 Å². The van der Waals surface area contributed by atoms with Crippen molar-refractivity contribution in [1.82, 2.24) is 0 Å². The molecule has 5 heteroatoms. The second kappa shape index (κ2) is 3.79. The van der Waals surface area contributed by atoms with Gasteiger partial charge < -0.3 is 10.2 Å². The van der Waals surface area contributed by atoms with Gasteiger partial charge in [-0.2, -0.15) is 0 Å². The van der Waals surface area contributed by atoms with Crippen molar-refractivity contribution in [2.24, 2.45) is 0 Å². The van der Waals surface area contributed by atoms with Gasteiger partial charge in [0, 0.05) is 4.47 Å². The normalized spacial score (nSPS) is 9.86. The van der Waals surface area contributed by atoms with Gasteiger partial charge in [-0.25, -0.2) is 9.59 Å². The molecule has 1 rings (SSSR count). The van der Waals surface area contributed by atoms with Crippen LogP contribution in [0.5, 0.6) is 0 Å². The molecule has 1 aromatic rings. The van der Waals surface area contributed by atoms with Crippen molar-refractivity contribution >= 4 is 27.9 Å². The molecule has 0 saturated carbocycles. The van der Waals surface area contributed by atoms with E-state index in [0.29, 0.717) is 5.56 Å². The molecule has 0 bridgehead atoms. The van der Waals surface area contributed by atoms with E-state index in [9.17, 15) is 9.59 Å². The minimum Gasteiger partial charge on any atom is -0.478 e. The highest BCUT2D eigenvalue weighted by atomic mass is 79.9. The third-order valence-corrected chi connectivity index (χ3v) is 2.43. The average molecular weight is 259 g/mol. The Morgan fingerprint density at radius 2 is 1.64 bits per heavy atom. The van der Waals surface area contributed by atoms with E-state index in [0.717, 1.165) is 0 Å². The van der Waals surface area contributed by atoms with Crippen LogP contribution in [0.15, 0.2) is 16.6 Å². The zero-order valence-electron chi connectivity index (χ0n) is 7.24. The standard InChI is InChI=1S/C9H7BrO4/c1-4-2-6(9(13)14)7(10)3-5(4)8(11)12/h2-3H,1H3,(H,11,12)(H,13,14). The molecule has 0 atom stereocenters. The number of carboxylic acids is 2. The summed E-state index contributed by atoms with van der Waals surface area (Å²) in [5.74, 6) is -2.16. The highest BCUT2D eigenvalue weighted by Crippen LogP contribution is 2.21. The van der Waals surface area contributed by atoms with Crippen molar-refractivity contribution in [3.63, 3.8) is 0 Å². The number of benzene rings is 1. The van der Waals surface area contributed by atoms with Crippen LogP contribution >= 0.6 is 15.9 Å². The average Bonchev–Trinajstić information content (AvgIpc) is 2.07. The van der Waals surface area contributed by atoms with E-state index < -0.39 is 11.9 Å². The van der Waals surface area contributed by atoms with Crippen molar-refractivity contribution < 1.29 is 19.8 Å². The van der Waals surface area contributed by atoms with Gasteiger partial charge in [-0.1, -0.05) is 0 Å². The summed E-state index contributed by atoms with van der Waals surface area (Å²) in [5, 5.41) is 17.5. The molecule has 0 spiro atoms. The number of aromatic carboxylic acids is 2. The summed E-state index contributed by atoms with van der Waals surface area (Å²) in [5.41, 5.74) is 0.590. The number of carboxylic acid groups (broad SMARTS) is 2. The molecule has 0 radical (unpaired) electrons. The van der Waals surface area contributed by atoms with Crippen LogP contribution in [0.25, 0.3) is 0 Å². The Hall–Kier alpha value is -1.36. The molecule has 0 aliphatic carbocycles. The second-order valence-electron chi connectivity index (χ2n) is 2.76. The van der Waals surface area contributed by atoms with Crippen LogP contribution in [-0.4, -0.2) is 22.2 Å². The molecule has 0 aromatic heterocycles. The maximum absolute atomic E-state index is 10.7. The molecule has 0 fully saturated rings. The quantitative estimate of drug-likeness (QED) is 0.853. The first-order valence-corrected chi connectivity index (χ1v) is 4.49. The third kappa shape index (κ3) is 1.93. The van der Waals surface area contributed by atoms with E-state index in [1.165, 1.54) is 12.1 Å². The molecule has 0 unspecified atom stereocenters. The lowest BCUT2D eigenvalue weighted by atomic mass is 10.1. The smallest absolute Gasteiger partial charge is 0.336 e. The number of carbonyl (C=O) groups is 2. The van der Waals surface area contributed by atoms with E-state index in [2.05, 4.69) is 15.9 Å². The molecule has 0 aliphatic heterocycles. The summed E-state index contributed by atoms with van der Waals surface area (Å²) in [4.78, 5) is 21.4. The summed E-state index contributed by atoms with van der Waals surface area (Å²) < 4.78 is 0.271. The number of halogens is 1. The minimum absolute atomic E-state index is 0.0625. The van der Waals surface area contributed by atoms with Crippen LogP contribution in [0.2, 0.25) is 0 Å². The summed E-state index contributed by atoms with van der Waals surface area (Å²) in [6, 6.07) is 2.62. The third-order valence-electron chi connectivity index (χ3n) is 1.77. The number of rotatable bonds is 2. The van der Waals surface area contributed by atoms with Gasteiger partial charge in [0.05, 0.1) is 11.1 Å². The van der Waals surface area contributed by atoms with Gasteiger partial charge in [0.1, 0.15) is 0 Å². The summed E-state index contributed by atoms with van der Waals surface area (Å²) in [7, 11) is 0. The van der Waals surface area contributed by atoms with E-state index >= 15 is 0 Å². The fourth-order valence-electron chi connectivity index (χ4n) is 1.08. The molecule has 0 aliphatic rings. The summed E-state index contributed by atoms with van der Waals surface area (Å²) in [6.45, 7) is 1.56. The van der Waals surface area contributed by atoms with Crippen molar-refractivity contribution in [1.29, 1.82) is 0 Å². The van der Waals surface area contributed by atoms with Crippen LogP contribution in [-0.2, 0) is 0 Å². The lowest BCUT2D eigenvalue weighted by Crippen LogP contribution is -2.04.